The van der Waals surface area contributed by atoms with Gasteiger partial charge in [0.15, 0.2) is 0 Å². The second-order valence-corrected chi connectivity index (χ2v) is 8.15. The minimum Gasteiger partial charge on any atom is -0.347 e. The van der Waals surface area contributed by atoms with Gasteiger partial charge in [0.05, 0.1) is 11.3 Å². The zero-order valence-electron chi connectivity index (χ0n) is 16.8. The highest BCUT2D eigenvalue weighted by Gasteiger charge is 2.23. The van der Waals surface area contributed by atoms with Gasteiger partial charge in [-0.25, -0.2) is 4.79 Å². The fourth-order valence-electron chi connectivity index (χ4n) is 2.68. The van der Waals surface area contributed by atoms with Crippen molar-refractivity contribution in [2.75, 3.05) is 10.6 Å². The highest BCUT2D eigenvalue weighted by Crippen LogP contribution is 2.20. The fourth-order valence-corrected chi connectivity index (χ4v) is 2.68. The van der Waals surface area contributed by atoms with Crippen LogP contribution in [0.4, 0.5) is 16.2 Å². The molecular weight excluding hydrogens is 368 g/mol. The largest absolute Gasteiger partial charge is 0.347 e. The molecule has 7 nitrogen and oxygen atoms in total. The number of carbonyl (C=O) groups excluding carboxylic acids is 3. The molecule has 0 aliphatic heterocycles. The molecule has 0 heterocycles. The Morgan fingerprint density at radius 3 is 2.14 bits per heavy atom. The normalized spacial score (nSPS) is 13.3. The number of hydrogen-bond acceptors (Lipinski definition) is 3. The summed E-state index contributed by atoms with van der Waals surface area (Å²) in [5.41, 5.74) is 1.47. The van der Waals surface area contributed by atoms with Crippen molar-refractivity contribution in [3.8, 4) is 0 Å². The molecule has 1 saturated carbocycles. The van der Waals surface area contributed by atoms with Crippen LogP contribution in [0.5, 0.6) is 0 Å². The van der Waals surface area contributed by atoms with Crippen LogP contribution in [0.25, 0.3) is 0 Å². The van der Waals surface area contributed by atoms with Gasteiger partial charge in [0.1, 0.15) is 0 Å². The van der Waals surface area contributed by atoms with Gasteiger partial charge in [0.25, 0.3) is 11.8 Å². The van der Waals surface area contributed by atoms with Gasteiger partial charge in [0, 0.05) is 22.8 Å². The molecule has 0 spiro atoms. The van der Waals surface area contributed by atoms with E-state index in [0.717, 1.165) is 12.8 Å². The van der Waals surface area contributed by atoms with Crippen molar-refractivity contribution in [1.29, 1.82) is 0 Å². The fraction of sp³-hybridized carbons (Fsp3) is 0.318. The molecule has 1 aliphatic rings. The van der Waals surface area contributed by atoms with E-state index in [1.807, 2.05) is 20.8 Å². The van der Waals surface area contributed by atoms with Crippen molar-refractivity contribution < 1.29 is 14.4 Å². The molecule has 152 valence electrons. The first kappa shape index (κ1) is 20.4. The molecule has 2 aromatic rings. The van der Waals surface area contributed by atoms with Crippen LogP contribution in [0.15, 0.2) is 48.5 Å². The molecule has 0 aromatic heterocycles. The van der Waals surface area contributed by atoms with Crippen LogP contribution in [-0.2, 0) is 0 Å². The highest BCUT2D eigenvalue weighted by molar-refractivity contribution is 6.09. The summed E-state index contributed by atoms with van der Waals surface area (Å²) in [6, 6.07) is 13.5. The molecule has 29 heavy (non-hydrogen) atoms. The van der Waals surface area contributed by atoms with E-state index in [4.69, 9.17) is 0 Å². The highest BCUT2D eigenvalue weighted by atomic mass is 16.2. The van der Waals surface area contributed by atoms with Gasteiger partial charge in [-0.2, -0.15) is 0 Å². The van der Waals surface area contributed by atoms with Gasteiger partial charge >= 0.3 is 6.03 Å². The Labute approximate surface area is 170 Å². The van der Waals surface area contributed by atoms with E-state index in [2.05, 4.69) is 21.3 Å². The number of hydrogen-bond donors (Lipinski definition) is 4. The quantitative estimate of drug-likeness (QED) is 0.621. The van der Waals surface area contributed by atoms with E-state index in [1.165, 1.54) is 0 Å². The van der Waals surface area contributed by atoms with E-state index in [9.17, 15) is 14.4 Å². The van der Waals surface area contributed by atoms with Gasteiger partial charge in [-0.15, -0.1) is 0 Å². The third-order valence-corrected chi connectivity index (χ3v) is 4.23. The molecule has 0 unspecified atom stereocenters. The summed E-state index contributed by atoms with van der Waals surface area (Å²) < 4.78 is 0. The number of anilines is 2. The van der Waals surface area contributed by atoms with E-state index in [-0.39, 0.29) is 29.4 Å². The van der Waals surface area contributed by atoms with E-state index in [0.29, 0.717) is 22.5 Å². The second-order valence-electron chi connectivity index (χ2n) is 8.15. The van der Waals surface area contributed by atoms with E-state index < -0.39 is 0 Å². The summed E-state index contributed by atoms with van der Waals surface area (Å²) in [6.07, 6.45) is 2.03. The second kappa shape index (κ2) is 8.34. The smallest absolute Gasteiger partial charge is 0.319 e. The Morgan fingerprint density at radius 1 is 0.862 bits per heavy atom. The average Bonchev–Trinajstić information content (AvgIpc) is 3.45. The number of amides is 4. The number of carbonyl (C=O) groups is 3. The molecule has 4 N–H and O–H groups in total. The van der Waals surface area contributed by atoms with Crippen molar-refractivity contribution in [3.63, 3.8) is 0 Å². The maximum absolute atomic E-state index is 12.6. The predicted octanol–water partition coefficient (Wildman–Crippen LogP) is 3.75. The van der Waals surface area contributed by atoms with Crippen molar-refractivity contribution in [3.05, 3.63) is 59.7 Å². The summed E-state index contributed by atoms with van der Waals surface area (Å²) in [5.74, 6) is -0.593. The molecule has 2 aromatic carbocycles. The molecule has 0 bridgehead atoms. The Bertz CT molecular complexity index is 912. The van der Waals surface area contributed by atoms with Crippen molar-refractivity contribution in [2.24, 2.45) is 0 Å². The summed E-state index contributed by atoms with van der Waals surface area (Å²) in [4.78, 5) is 36.9. The lowest BCUT2D eigenvalue weighted by Crippen LogP contribution is -2.40. The van der Waals surface area contributed by atoms with Crippen LogP contribution in [0.2, 0.25) is 0 Å². The molecule has 1 aliphatic carbocycles. The number of rotatable bonds is 5. The van der Waals surface area contributed by atoms with Crippen LogP contribution in [-0.4, -0.2) is 29.4 Å². The molecule has 1 fully saturated rings. The lowest BCUT2D eigenvalue weighted by molar-refractivity contribution is 0.0920. The standard InChI is InChI=1S/C22H26N4O3/c1-22(2,3)26-20(28)17-6-4-5-7-18(17)25-19(27)14-8-10-15(11-9-14)23-21(29)24-16-12-13-16/h4-11,16H,12-13H2,1-3H3,(H,25,27)(H,26,28)(H2,23,24,29). The minimum atomic E-state index is -0.386. The van der Waals surface area contributed by atoms with Gasteiger partial charge in [0.2, 0.25) is 0 Å². The van der Waals surface area contributed by atoms with E-state index in [1.54, 1.807) is 48.5 Å². The monoisotopic (exact) mass is 394 g/mol. The molecule has 4 amide bonds. The molecule has 0 atom stereocenters. The third kappa shape index (κ3) is 6.07. The first-order valence-electron chi connectivity index (χ1n) is 9.62. The first-order valence-corrected chi connectivity index (χ1v) is 9.62. The summed E-state index contributed by atoms with van der Waals surface area (Å²) in [6.45, 7) is 5.69. The van der Waals surface area contributed by atoms with Crippen LogP contribution in [0.1, 0.15) is 54.3 Å². The van der Waals surface area contributed by atoms with Gasteiger partial charge in [-0.05, 0) is 70.0 Å². The van der Waals surface area contributed by atoms with Crippen molar-refractivity contribution >= 4 is 29.2 Å². The minimum absolute atomic E-state index is 0.247. The summed E-state index contributed by atoms with van der Waals surface area (Å²) >= 11 is 0. The zero-order valence-corrected chi connectivity index (χ0v) is 16.8. The number of para-hydroxylation sites is 1. The topological polar surface area (TPSA) is 99.3 Å². The molecular formula is C22H26N4O3. The zero-order chi connectivity index (χ0) is 21.0. The Kier molecular flexibility index (Phi) is 5.87. The van der Waals surface area contributed by atoms with E-state index >= 15 is 0 Å². The van der Waals surface area contributed by atoms with Gasteiger partial charge in [-0.3, -0.25) is 9.59 Å². The van der Waals surface area contributed by atoms with Crippen molar-refractivity contribution in [1.82, 2.24) is 10.6 Å². The van der Waals surface area contributed by atoms with Crippen molar-refractivity contribution in [2.45, 2.75) is 45.2 Å². The average molecular weight is 394 g/mol. The van der Waals surface area contributed by atoms with Gasteiger partial charge < -0.3 is 21.3 Å². The number of benzene rings is 2. The summed E-state index contributed by atoms with van der Waals surface area (Å²) in [5, 5.41) is 11.3. The van der Waals surface area contributed by atoms with Crippen LogP contribution in [0.3, 0.4) is 0 Å². The molecule has 0 saturated heterocycles. The predicted molar refractivity (Wildman–Crippen MR) is 113 cm³/mol. The van der Waals surface area contributed by atoms with Gasteiger partial charge in [-0.1, -0.05) is 12.1 Å². The molecule has 3 rings (SSSR count). The van der Waals surface area contributed by atoms with Crippen LogP contribution in [0, 0.1) is 0 Å². The third-order valence-electron chi connectivity index (χ3n) is 4.23. The Morgan fingerprint density at radius 2 is 1.52 bits per heavy atom. The van der Waals surface area contributed by atoms with Crippen LogP contribution >= 0.6 is 0 Å². The number of nitrogens with one attached hydrogen (secondary N) is 4. The molecule has 0 radical (unpaired) electrons. The maximum atomic E-state index is 12.6. The molecule has 7 heteroatoms. The lowest BCUT2D eigenvalue weighted by atomic mass is 10.1. The van der Waals surface area contributed by atoms with Crippen LogP contribution < -0.4 is 21.3 Å². The Balaban J connectivity index is 1.65. The SMILES string of the molecule is CC(C)(C)NC(=O)c1ccccc1NC(=O)c1ccc(NC(=O)NC2CC2)cc1. The Hall–Kier alpha value is -3.35. The maximum Gasteiger partial charge on any atom is 0.319 e. The number of urea groups is 1. The lowest BCUT2D eigenvalue weighted by Gasteiger charge is -2.21. The first-order chi connectivity index (χ1) is 13.7. The summed E-state index contributed by atoms with van der Waals surface area (Å²) in [7, 11) is 0.